The molecule has 1 aliphatic heterocycles. The van der Waals surface area contributed by atoms with Crippen LogP contribution in [0.25, 0.3) is 0 Å². The number of carbonyl (C=O) groups excluding carboxylic acids is 3. The first-order chi connectivity index (χ1) is 17.2. The van der Waals surface area contributed by atoms with Crippen LogP contribution in [0.4, 0.5) is 4.39 Å². The molecule has 3 N–H and O–H groups in total. The van der Waals surface area contributed by atoms with E-state index in [2.05, 4.69) is 10.6 Å². The molecule has 0 aromatic heterocycles. The van der Waals surface area contributed by atoms with E-state index in [4.69, 9.17) is 21.1 Å². The highest BCUT2D eigenvalue weighted by Gasteiger charge is 2.55. The van der Waals surface area contributed by atoms with Crippen molar-refractivity contribution in [3.05, 3.63) is 12.2 Å². The number of halogens is 2. The Morgan fingerprint density at radius 3 is 2.64 bits per heavy atom. The van der Waals surface area contributed by atoms with Crippen molar-refractivity contribution in [2.45, 2.75) is 112 Å². The Balaban J connectivity index is 1.11. The van der Waals surface area contributed by atoms with E-state index in [0.29, 0.717) is 64.2 Å². The number of hydrogen-bond acceptors (Lipinski definition) is 6. The van der Waals surface area contributed by atoms with Crippen LogP contribution in [0.15, 0.2) is 12.2 Å². The maximum absolute atomic E-state index is 13.8. The molecule has 7 atom stereocenters. The van der Waals surface area contributed by atoms with Gasteiger partial charge in [-0.05, 0) is 64.2 Å². The number of nitrogens with one attached hydrogen (secondary N) is 2. The van der Waals surface area contributed by atoms with Crippen molar-refractivity contribution >= 4 is 29.4 Å². The molecule has 6 unspecified atom stereocenters. The Bertz CT molecular complexity index is 907. The average molecular weight is 527 g/mol. The van der Waals surface area contributed by atoms with Gasteiger partial charge >= 0.3 is 5.97 Å². The summed E-state index contributed by atoms with van der Waals surface area (Å²) in [7, 11) is 0. The number of amides is 2. The summed E-state index contributed by atoms with van der Waals surface area (Å²) >= 11 is 5.92. The normalized spacial score (nSPS) is 43.9. The van der Waals surface area contributed by atoms with Gasteiger partial charge in [0.25, 0.3) is 0 Å². The summed E-state index contributed by atoms with van der Waals surface area (Å²) in [6.45, 7) is -0.141. The fourth-order valence-corrected chi connectivity index (χ4v) is 7.11. The number of fused-ring (bicyclic) bond motifs is 4. The zero-order valence-corrected chi connectivity index (χ0v) is 21.2. The number of hydrogen-bond donors (Lipinski definition) is 3. The largest absolute Gasteiger partial charge is 0.459 e. The summed E-state index contributed by atoms with van der Waals surface area (Å²) < 4.78 is 24.9. The second-order valence-corrected chi connectivity index (χ2v) is 12.0. The van der Waals surface area contributed by atoms with Crippen molar-refractivity contribution in [1.82, 2.24) is 10.6 Å². The lowest BCUT2D eigenvalue weighted by molar-refractivity contribution is -0.150. The van der Waals surface area contributed by atoms with Gasteiger partial charge in [0.2, 0.25) is 11.8 Å². The van der Waals surface area contributed by atoms with E-state index in [1.54, 1.807) is 0 Å². The molecule has 6 rings (SSSR count). The molecule has 36 heavy (non-hydrogen) atoms. The first kappa shape index (κ1) is 25.9. The van der Waals surface area contributed by atoms with Gasteiger partial charge in [-0.25, -0.2) is 9.18 Å². The molecule has 1 heterocycles. The topological polar surface area (TPSA) is 114 Å². The molecule has 0 radical (unpaired) electrons. The Labute approximate surface area is 215 Å². The van der Waals surface area contributed by atoms with Crippen LogP contribution in [-0.2, 0) is 23.9 Å². The Morgan fingerprint density at radius 2 is 1.92 bits per heavy atom. The molecule has 5 saturated carbocycles. The first-order valence-corrected chi connectivity index (χ1v) is 13.7. The van der Waals surface area contributed by atoms with Crippen molar-refractivity contribution < 1.29 is 33.4 Å². The van der Waals surface area contributed by atoms with Gasteiger partial charge < -0.3 is 25.2 Å². The van der Waals surface area contributed by atoms with Gasteiger partial charge in [-0.1, -0.05) is 6.08 Å². The summed E-state index contributed by atoms with van der Waals surface area (Å²) in [6.07, 6.45) is 7.12. The summed E-state index contributed by atoms with van der Waals surface area (Å²) in [6, 6.07) is 0. The lowest BCUT2D eigenvalue weighted by Crippen LogP contribution is -2.70. The van der Waals surface area contributed by atoms with Gasteiger partial charge in [0, 0.05) is 29.9 Å². The van der Waals surface area contributed by atoms with Crippen LogP contribution < -0.4 is 10.6 Å². The lowest BCUT2D eigenvalue weighted by atomic mass is 9.59. The van der Waals surface area contributed by atoms with E-state index in [1.807, 2.05) is 6.08 Å². The third-order valence-electron chi connectivity index (χ3n) is 9.14. The molecule has 6 aliphatic rings. The van der Waals surface area contributed by atoms with E-state index < -0.39 is 28.7 Å². The standard InChI is InChI=1S/C26H36ClFN2O6/c27-18-4-3-17(12-19(18)28)35-14-22(32)29-25-7-9-26(10-8-25,21(31)13-25)30-24(34)16-1-5-20-15(11-16)2-6-23(33)36-20/h2,6,15-21,31H,1,3-5,7-14H2,(H,29,32)(H,30,34)/t15?,16?,17?,18?,19?,20?,21-,25?,26?/m0/s1. The van der Waals surface area contributed by atoms with E-state index in [1.165, 1.54) is 6.08 Å². The van der Waals surface area contributed by atoms with Crippen LogP contribution in [0.2, 0.25) is 0 Å². The van der Waals surface area contributed by atoms with Crippen molar-refractivity contribution in [3.63, 3.8) is 0 Å². The molecule has 0 aromatic rings. The van der Waals surface area contributed by atoms with Crippen molar-refractivity contribution in [2.24, 2.45) is 11.8 Å². The van der Waals surface area contributed by atoms with Crippen LogP contribution in [0, 0.1) is 11.8 Å². The second-order valence-electron chi connectivity index (χ2n) is 11.5. The molecule has 2 amide bonds. The predicted octanol–water partition coefficient (Wildman–Crippen LogP) is 2.45. The molecule has 2 bridgehead atoms. The molecule has 0 saturated heterocycles. The Hall–Kier alpha value is -1.71. The third kappa shape index (κ3) is 5.29. The second kappa shape index (κ2) is 10.2. The number of alkyl halides is 2. The minimum atomic E-state index is -1.12. The molecular weight excluding hydrogens is 491 g/mol. The summed E-state index contributed by atoms with van der Waals surface area (Å²) in [5, 5.41) is 16.8. The van der Waals surface area contributed by atoms with Crippen LogP contribution in [0.1, 0.15) is 70.6 Å². The quantitative estimate of drug-likeness (QED) is 0.362. The van der Waals surface area contributed by atoms with Crippen LogP contribution >= 0.6 is 11.6 Å². The zero-order valence-electron chi connectivity index (χ0n) is 20.4. The minimum Gasteiger partial charge on any atom is -0.459 e. The van der Waals surface area contributed by atoms with Crippen LogP contribution in [0.5, 0.6) is 0 Å². The van der Waals surface area contributed by atoms with E-state index >= 15 is 0 Å². The van der Waals surface area contributed by atoms with Gasteiger partial charge in [0.05, 0.1) is 23.1 Å². The highest BCUT2D eigenvalue weighted by molar-refractivity contribution is 6.21. The Kier molecular flexibility index (Phi) is 7.36. The fraction of sp³-hybridized carbons (Fsp3) is 0.808. The minimum absolute atomic E-state index is 0.0533. The van der Waals surface area contributed by atoms with Crippen LogP contribution in [0.3, 0.4) is 0 Å². The Morgan fingerprint density at radius 1 is 1.14 bits per heavy atom. The maximum Gasteiger partial charge on any atom is 0.330 e. The van der Waals surface area contributed by atoms with Gasteiger partial charge in [0.1, 0.15) is 18.9 Å². The van der Waals surface area contributed by atoms with E-state index in [9.17, 15) is 23.9 Å². The summed E-state index contributed by atoms with van der Waals surface area (Å²) in [5.41, 5.74) is -1.19. The third-order valence-corrected chi connectivity index (χ3v) is 9.64. The smallest absolute Gasteiger partial charge is 0.330 e. The zero-order chi connectivity index (χ0) is 25.5. The molecular formula is C26H36ClFN2O6. The van der Waals surface area contributed by atoms with Crippen molar-refractivity contribution in [2.75, 3.05) is 6.61 Å². The molecule has 200 valence electrons. The molecule has 0 aromatic carbocycles. The number of rotatable bonds is 6. The van der Waals surface area contributed by atoms with Gasteiger partial charge in [-0.3, -0.25) is 9.59 Å². The van der Waals surface area contributed by atoms with E-state index in [-0.39, 0.29) is 54.9 Å². The lowest BCUT2D eigenvalue weighted by Gasteiger charge is -2.56. The number of carbonyl (C=O) groups is 3. The summed E-state index contributed by atoms with van der Waals surface area (Å²) in [5.74, 6) is -0.764. The fourth-order valence-electron chi connectivity index (χ4n) is 6.88. The average Bonchev–Trinajstić information content (AvgIpc) is 2.85. The number of ether oxygens (including phenoxy) is 2. The highest BCUT2D eigenvalue weighted by atomic mass is 35.5. The van der Waals surface area contributed by atoms with Gasteiger partial charge in [0.15, 0.2) is 0 Å². The molecule has 8 nitrogen and oxygen atoms in total. The molecule has 10 heteroatoms. The number of aliphatic hydroxyl groups is 1. The van der Waals surface area contributed by atoms with Crippen molar-refractivity contribution in [1.29, 1.82) is 0 Å². The van der Waals surface area contributed by atoms with E-state index in [0.717, 1.165) is 0 Å². The highest BCUT2D eigenvalue weighted by Crippen LogP contribution is 2.47. The van der Waals surface area contributed by atoms with Gasteiger partial charge in [-0.2, -0.15) is 0 Å². The summed E-state index contributed by atoms with van der Waals surface area (Å²) in [4.78, 5) is 37.3. The maximum atomic E-state index is 13.8. The molecule has 5 fully saturated rings. The SMILES string of the molecule is O=C(COC1CCC(Cl)C(F)C1)NC12CCC(NC(=O)C3CCC4OC(=O)C=CC4C3)(CC1)[C@@H](O)C2. The van der Waals surface area contributed by atoms with Crippen molar-refractivity contribution in [3.8, 4) is 0 Å². The van der Waals surface area contributed by atoms with Gasteiger partial charge in [-0.15, -0.1) is 11.6 Å². The molecule has 5 aliphatic carbocycles. The number of esters is 1. The number of aliphatic hydroxyl groups excluding tert-OH is 1. The predicted molar refractivity (Wildman–Crippen MR) is 129 cm³/mol. The first-order valence-electron chi connectivity index (χ1n) is 13.3. The monoisotopic (exact) mass is 526 g/mol. The van der Waals surface area contributed by atoms with Crippen LogP contribution in [-0.4, -0.2) is 70.4 Å². The molecule has 0 spiro atoms.